The Balaban J connectivity index is 1.44. The van der Waals surface area contributed by atoms with Crippen LogP contribution in [0, 0.1) is 6.92 Å². The Morgan fingerprint density at radius 1 is 1.06 bits per heavy atom. The van der Waals surface area contributed by atoms with Gasteiger partial charge in [0.05, 0.1) is 17.1 Å². The topological polar surface area (TPSA) is 91.7 Å². The number of para-hydroxylation sites is 1. The Morgan fingerprint density at radius 3 is 2.50 bits per heavy atom. The summed E-state index contributed by atoms with van der Waals surface area (Å²) in [6, 6.07) is 13.4. The SMILES string of the molecule is Cc1c(NC(=O)CSc2nnc(Cc3cccn3C)n2C)c(=O)n(-c2ccccc2)n1C. The third kappa shape index (κ3) is 4.13. The number of benzene rings is 1. The maximum atomic E-state index is 12.9. The minimum absolute atomic E-state index is 0.120. The monoisotopic (exact) mass is 451 g/mol. The molecule has 32 heavy (non-hydrogen) atoms. The molecule has 1 N–H and O–H groups in total. The summed E-state index contributed by atoms with van der Waals surface area (Å²) in [5.74, 6) is 0.669. The predicted molar refractivity (Wildman–Crippen MR) is 124 cm³/mol. The Kier molecular flexibility index (Phi) is 6.04. The largest absolute Gasteiger partial charge is 0.354 e. The highest BCUT2D eigenvalue weighted by Crippen LogP contribution is 2.19. The van der Waals surface area contributed by atoms with Crippen LogP contribution in [0.25, 0.3) is 5.69 Å². The summed E-state index contributed by atoms with van der Waals surface area (Å²) in [5, 5.41) is 11.9. The van der Waals surface area contributed by atoms with E-state index < -0.39 is 0 Å². The molecule has 166 valence electrons. The highest BCUT2D eigenvalue weighted by atomic mass is 32.2. The van der Waals surface area contributed by atoms with Gasteiger partial charge in [0.1, 0.15) is 11.5 Å². The third-order valence-electron chi connectivity index (χ3n) is 5.47. The van der Waals surface area contributed by atoms with Gasteiger partial charge in [0.25, 0.3) is 5.56 Å². The van der Waals surface area contributed by atoms with Crippen molar-refractivity contribution in [1.29, 1.82) is 0 Å². The van der Waals surface area contributed by atoms with Gasteiger partial charge in [-0.05, 0) is 31.2 Å². The van der Waals surface area contributed by atoms with Crippen LogP contribution in [0.3, 0.4) is 0 Å². The summed E-state index contributed by atoms with van der Waals surface area (Å²) in [7, 11) is 5.67. The molecular formula is C22H25N7O2S. The van der Waals surface area contributed by atoms with Crippen molar-refractivity contribution in [2.45, 2.75) is 18.5 Å². The van der Waals surface area contributed by atoms with Crippen molar-refractivity contribution in [2.75, 3.05) is 11.1 Å². The van der Waals surface area contributed by atoms with Gasteiger partial charge in [-0.3, -0.25) is 14.3 Å². The lowest BCUT2D eigenvalue weighted by Gasteiger charge is -2.07. The van der Waals surface area contributed by atoms with E-state index in [4.69, 9.17) is 0 Å². The van der Waals surface area contributed by atoms with E-state index in [2.05, 4.69) is 15.5 Å². The number of nitrogens with one attached hydrogen (secondary N) is 1. The maximum Gasteiger partial charge on any atom is 0.295 e. The molecule has 3 heterocycles. The van der Waals surface area contributed by atoms with Crippen LogP contribution in [0.15, 0.2) is 58.6 Å². The molecule has 4 rings (SSSR count). The molecule has 0 aliphatic heterocycles. The van der Waals surface area contributed by atoms with E-state index in [1.807, 2.05) is 78.8 Å². The lowest BCUT2D eigenvalue weighted by Crippen LogP contribution is -2.23. The molecule has 0 unspecified atom stereocenters. The van der Waals surface area contributed by atoms with Crippen LogP contribution in [0.5, 0.6) is 0 Å². The molecule has 0 bridgehead atoms. The van der Waals surface area contributed by atoms with Gasteiger partial charge < -0.3 is 14.5 Å². The Morgan fingerprint density at radius 2 is 1.81 bits per heavy atom. The number of nitrogens with zero attached hydrogens (tertiary/aromatic N) is 6. The fourth-order valence-corrected chi connectivity index (χ4v) is 4.21. The summed E-state index contributed by atoms with van der Waals surface area (Å²) in [4.78, 5) is 25.6. The second-order valence-electron chi connectivity index (χ2n) is 7.52. The van der Waals surface area contributed by atoms with Gasteiger partial charge in [0.15, 0.2) is 5.16 Å². The van der Waals surface area contributed by atoms with Crippen molar-refractivity contribution < 1.29 is 4.79 Å². The van der Waals surface area contributed by atoms with Crippen molar-refractivity contribution in [2.24, 2.45) is 21.1 Å². The second kappa shape index (κ2) is 8.91. The number of hydrogen-bond acceptors (Lipinski definition) is 5. The molecule has 0 saturated carbocycles. The lowest BCUT2D eigenvalue weighted by atomic mass is 10.3. The van der Waals surface area contributed by atoms with Gasteiger partial charge >= 0.3 is 0 Å². The average Bonchev–Trinajstić information content (AvgIpc) is 3.41. The van der Waals surface area contributed by atoms with Crippen LogP contribution in [-0.4, -0.2) is 40.4 Å². The van der Waals surface area contributed by atoms with Gasteiger partial charge in [0, 0.05) is 39.5 Å². The molecule has 0 aliphatic carbocycles. The zero-order valence-corrected chi connectivity index (χ0v) is 19.3. The van der Waals surface area contributed by atoms with Crippen LogP contribution in [-0.2, 0) is 32.4 Å². The fraction of sp³-hybridized carbons (Fsp3) is 0.273. The molecule has 1 aromatic carbocycles. The number of carbonyl (C=O) groups excluding carboxylic acids is 1. The van der Waals surface area contributed by atoms with E-state index in [1.165, 1.54) is 16.4 Å². The third-order valence-corrected chi connectivity index (χ3v) is 6.49. The Bertz CT molecular complexity index is 1310. The minimum atomic E-state index is -0.270. The molecule has 9 nitrogen and oxygen atoms in total. The van der Waals surface area contributed by atoms with E-state index in [9.17, 15) is 9.59 Å². The van der Waals surface area contributed by atoms with E-state index in [-0.39, 0.29) is 22.9 Å². The number of aromatic nitrogens is 6. The first-order chi connectivity index (χ1) is 15.4. The second-order valence-corrected chi connectivity index (χ2v) is 8.46. The average molecular weight is 452 g/mol. The molecule has 3 aromatic heterocycles. The number of amides is 1. The smallest absolute Gasteiger partial charge is 0.295 e. The van der Waals surface area contributed by atoms with Crippen molar-refractivity contribution >= 4 is 23.4 Å². The first-order valence-electron chi connectivity index (χ1n) is 10.1. The zero-order chi connectivity index (χ0) is 22.8. The molecule has 0 fully saturated rings. The molecule has 0 aliphatic rings. The first kappa shape index (κ1) is 21.7. The standard InChI is InChI=1S/C22H25N7O2S/c1-15-20(21(31)29(28(15)4)16-9-6-5-7-10-16)23-19(30)14-32-22-25-24-18(27(22)3)13-17-11-8-12-26(17)2/h5-12H,13-14H2,1-4H3,(H,23,30). The van der Waals surface area contributed by atoms with Crippen molar-refractivity contribution in [1.82, 2.24) is 28.7 Å². The maximum absolute atomic E-state index is 12.9. The molecule has 1 amide bonds. The predicted octanol–water partition coefficient (Wildman–Crippen LogP) is 2.27. The number of hydrogen-bond donors (Lipinski definition) is 1. The first-order valence-corrected chi connectivity index (χ1v) is 11.1. The van der Waals surface area contributed by atoms with E-state index in [0.717, 1.165) is 17.2 Å². The number of aryl methyl sites for hydroxylation is 1. The van der Waals surface area contributed by atoms with Crippen LogP contribution in [0.2, 0.25) is 0 Å². The van der Waals surface area contributed by atoms with Crippen molar-refractivity contribution in [3.8, 4) is 5.69 Å². The molecule has 0 radical (unpaired) electrons. The Labute approximate surface area is 189 Å². The van der Waals surface area contributed by atoms with Crippen LogP contribution in [0.1, 0.15) is 17.2 Å². The minimum Gasteiger partial charge on any atom is -0.354 e. The molecule has 0 atom stereocenters. The molecular weight excluding hydrogens is 426 g/mol. The summed E-state index contributed by atoms with van der Waals surface area (Å²) in [6.45, 7) is 1.81. The molecule has 4 aromatic rings. The lowest BCUT2D eigenvalue weighted by molar-refractivity contribution is -0.113. The quantitative estimate of drug-likeness (QED) is 0.435. The number of carbonyl (C=O) groups is 1. The number of thioether (sulfide) groups is 1. The number of rotatable bonds is 7. The molecule has 10 heteroatoms. The summed E-state index contributed by atoms with van der Waals surface area (Å²) < 4.78 is 7.20. The van der Waals surface area contributed by atoms with Gasteiger partial charge in [-0.1, -0.05) is 30.0 Å². The van der Waals surface area contributed by atoms with Crippen molar-refractivity contribution in [3.63, 3.8) is 0 Å². The van der Waals surface area contributed by atoms with Gasteiger partial charge in [-0.25, -0.2) is 4.68 Å². The normalized spacial score (nSPS) is 11.1. The Hall–Kier alpha value is -3.53. The zero-order valence-electron chi connectivity index (χ0n) is 18.4. The van der Waals surface area contributed by atoms with E-state index in [0.29, 0.717) is 17.3 Å². The number of anilines is 1. The van der Waals surface area contributed by atoms with E-state index in [1.54, 1.807) is 11.7 Å². The van der Waals surface area contributed by atoms with E-state index >= 15 is 0 Å². The van der Waals surface area contributed by atoms with Gasteiger partial charge in [-0.15, -0.1) is 10.2 Å². The summed E-state index contributed by atoms with van der Waals surface area (Å²) >= 11 is 1.29. The summed E-state index contributed by atoms with van der Waals surface area (Å²) in [5.41, 5.74) is 2.56. The van der Waals surface area contributed by atoms with Gasteiger partial charge in [0.2, 0.25) is 5.91 Å². The highest BCUT2D eigenvalue weighted by molar-refractivity contribution is 7.99. The van der Waals surface area contributed by atoms with Gasteiger partial charge in [-0.2, -0.15) is 0 Å². The molecule has 0 spiro atoms. The van der Waals surface area contributed by atoms with Crippen molar-refractivity contribution in [3.05, 3.63) is 76.2 Å². The molecule has 0 saturated heterocycles. The van der Waals surface area contributed by atoms with Crippen LogP contribution < -0.4 is 10.9 Å². The summed E-state index contributed by atoms with van der Waals surface area (Å²) in [6.07, 6.45) is 2.64. The van der Waals surface area contributed by atoms with Crippen LogP contribution >= 0.6 is 11.8 Å². The highest BCUT2D eigenvalue weighted by Gasteiger charge is 2.19. The fourth-order valence-electron chi connectivity index (χ4n) is 3.48. The van der Waals surface area contributed by atoms with Crippen LogP contribution in [0.4, 0.5) is 5.69 Å².